The molecule has 5 nitrogen and oxygen atoms in total. The fraction of sp³-hybridized carbons (Fsp3) is 0.100. The molecule has 0 unspecified atom stereocenters. The van der Waals surface area contributed by atoms with Gasteiger partial charge in [-0.1, -0.05) is 0 Å². The Bertz CT molecular complexity index is 495. The summed E-state index contributed by atoms with van der Waals surface area (Å²) in [4.78, 5) is 3.97. The molecule has 0 aliphatic rings. The van der Waals surface area contributed by atoms with Crippen LogP contribution in [0.4, 0.5) is 0 Å². The van der Waals surface area contributed by atoms with Crippen molar-refractivity contribution in [1.29, 1.82) is 5.26 Å². The van der Waals surface area contributed by atoms with Crippen molar-refractivity contribution in [3.8, 4) is 17.7 Å². The molecule has 0 aliphatic heterocycles. The fourth-order valence-corrected chi connectivity index (χ4v) is 1.08. The smallest absolute Gasteiger partial charge is 0.219 e. The first-order valence-corrected chi connectivity index (χ1v) is 4.30. The zero-order valence-electron chi connectivity index (χ0n) is 8.08. The Kier molecular flexibility index (Phi) is 2.33. The van der Waals surface area contributed by atoms with E-state index < -0.39 is 0 Å². The Morgan fingerprint density at radius 2 is 2.27 bits per heavy atom. The van der Waals surface area contributed by atoms with Gasteiger partial charge in [0.25, 0.3) is 0 Å². The summed E-state index contributed by atoms with van der Waals surface area (Å²) in [6.07, 6.45) is 4.80. The van der Waals surface area contributed by atoms with Gasteiger partial charge in [0.15, 0.2) is 5.75 Å². The van der Waals surface area contributed by atoms with Gasteiger partial charge in [-0.25, -0.2) is 4.98 Å². The molecule has 0 fully saturated rings. The van der Waals surface area contributed by atoms with Gasteiger partial charge in [0.05, 0.1) is 18.0 Å². The minimum absolute atomic E-state index is 0.446. The molecule has 0 bridgehead atoms. The molecule has 2 aromatic heterocycles. The third-order valence-electron chi connectivity index (χ3n) is 1.77. The number of ether oxygens (including phenoxy) is 1. The second-order valence-corrected chi connectivity index (χ2v) is 2.95. The highest BCUT2D eigenvalue weighted by Gasteiger charge is 2.00. The number of pyridine rings is 1. The van der Waals surface area contributed by atoms with Crippen molar-refractivity contribution in [3.05, 3.63) is 36.3 Å². The van der Waals surface area contributed by atoms with Crippen LogP contribution in [0.15, 0.2) is 30.7 Å². The predicted molar refractivity (Wildman–Crippen MR) is 52.2 cm³/mol. The zero-order valence-corrected chi connectivity index (χ0v) is 8.08. The third-order valence-corrected chi connectivity index (χ3v) is 1.77. The summed E-state index contributed by atoms with van der Waals surface area (Å²) in [6.45, 7) is 0. The number of nitriles is 1. The first-order valence-electron chi connectivity index (χ1n) is 4.30. The average molecular weight is 200 g/mol. The minimum Gasteiger partial charge on any atom is -0.436 e. The van der Waals surface area contributed by atoms with E-state index in [2.05, 4.69) is 10.1 Å². The van der Waals surface area contributed by atoms with Gasteiger partial charge in [-0.15, -0.1) is 0 Å². The zero-order chi connectivity index (χ0) is 10.7. The number of hydrogen-bond donors (Lipinski definition) is 0. The number of aromatic nitrogens is 3. The monoisotopic (exact) mass is 200 g/mol. The largest absolute Gasteiger partial charge is 0.436 e. The Labute approximate surface area is 86.6 Å². The Hall–Kier alpha value is -2.35. The molecule has 0 aromatic carbocycles. The van der Waals surface area contributed by atoms with E-state index in [0.717, 1.165) is 0 Å². The third kappa shape index (κ3) is 2.11. The Morgan fingerprint density at radius 1 is 1.40 bits per heavy atom. The van der Waals surface area contributed by atoms with Crippen LogP contribution >= 0.6 is 0 Å². The van der Waals surface area contributed by atoms with Crippen LogP contribution in [0.3, 0.4) is 0 Å². The number of nitrogens with zero attached hydrogens (tertiary/aromatic N) is 4. The molecule has 5 heteroatoms. The molecule has 0 saturated heterocycles. The van der Waals surface area contributed by atoms with Crippen molar-refractivity contribution < 1.29 is 4.74 Å². The van der Waals surface area contributed by atoms with Crippen molar-refractivity contribution in [1.82, 2.24) is 14.8 Å². The van der Waals surface area contributed by atoms with Crippen LogP contribution in [0.25, 0.3) is 0 Å². The van der Waals surface area contributed by atoms with E-state index in [1.165, 1.54) is 6.20 Å². The minimum atomic E-state index is 0.446. The molecule has 2 rings (SSSR count). The summed E-state index contributed by atoms with van der Waals surface area (Å²) in [5.41, 5.74) is 0.508. The lowest BCUT2D eigenvalue weighted by Gasteiger charge is -1.99. The summed E-state index contributed by atoms with van der Waals surface area (Å²) in [5, 5.41) is 12.5. The molecule has 0 atom stereocenters. The van der Waals surface area contributed by atoms with E-state index >= 15 is 0 Å². The molecular formula is C10H8N4O. The molecule has 0 saturated carbocycles. The Balaban J connectivity index is 2.15. The van der Waals surface area contributed by atoms with E-state index in [1.54, 1.807) is 36.3 Å². The highest BCUT2D eigenvalue weighted by atomic mass is 16.5. The molecule has 0 amide bonds. The molecule has 74 valence electrons. The summed E-state index contributed by atoms with van der Waals surface area (Å²) >= 11 is 0. The SMILES string of the molecule is Cn1cc(Oc2ccc(C#N)cn2)cn1. The maximum Gasteiger partial charge on any atom is 0.219 e. The van der Waals surface area contributed by atoms with Gasteiger partial charge >= 0.3 is 0 Å². The van der Waals surface area contributed by atoms with Crippen molar-refractivity contribution in [3.63, 3.8) is 0 Å². The number of rotatable bonds is 2. The topological polar surface area (TPSA) is 63.7 Å². The standard InChI is InChI=1S/C10H8N4O/c1-14-7-9(6-13-14)15-10-3-2-8(4-11)5-12-10/h2-3,5-7H,1H3. The van der Waals surface area contributed by atoms with Crippen molar-refractivity contribution >= 4 is 0 Å². The van der Waals surface area contributed by atoms with E-state index in [-0.39, 0.29) is 0 Å². The fourth-order valence-electron chi connectivity index (χ4n) is 1.08. The quantitative estimate of drug-likeness (QED) is 0.736. The lowest BCUT2D eigenvalue weighted by Crippen LogP contribution is -1.87. The van der Waals surface area contributed by atoms with E-state index in [0.29, 0.717) is 17.2 Å². The highest BCUT2D eigenvalue weighted by molar-refractivity contribution is 5.30. The molecular weight excluding hydrogens is 192 g/mol. The van der Waals surface area contributed by atoms with Gasteiger partial charge in [0.2, 0.25) is 5.88 Å². The summed E-state index contributed by atoms with van der Waals surface area (Å²) in [6, 6.07) is 5.28. The van der Waals surface area contributed by atoms with E-state index in [1.807, 2.05) is 6.07 Å². The average Bonchev–Trinajstić information content (AvgIpc) is 2.65. The number of hydrogen-bond acceptors (Lipinski definition) is 4. The van der Waals surface area contributed by atoms with Crippen LogP contribution in [0.2, 0.25) is 0 Å². The Morgan fingerprint density at radius 3 is 2.80 bits per heavy atom. The first kappa shape index (κ1) is 9.21. The van der Waals surface area contributed by atoms with Crippen LogP contribution in [-0.4, -0.2) is 14.8 Å². The van der Waals surface area contributed by atoms with Crippen LogP contribution in [-0.2, 0) is 7.05 Å². The van der Waals surface area contributed by atoms with Crippen LogP contribution in [0.5, 0.6) is 11.6 Å². The van der Waals surface area contributed by atoms with Gasteiger partial charge < -0.3 is 4.74 Å². The van der Waals surface area contributed by atoms with Crippen molar-refractivity contribution in [2.24, 2.45) is 7.05 Å². The van der Waals surface area contributed by atoms with Gasteiger partial charge in [-0.2, -0.15) is 10.4 Å². The van der Waals surface area contributed by atoms with Gasteiger partial charge in [-0.3, -0.25) is 4.68 Å². The number of aryl methyl sites for hydroxylation is 1. The highest BCUT2D eigenvalue weighted by Crippen LogP contribution is 2.17. The molecule has 0 spiro atoms. The van der Waals surface area contributed by atoms with Crippen molar-refractivity contribution in [2.75, 3.05) is 0 Å². The van der Waals surface area contributed by atoms with Crippen LogP contribution in [0.1, 0.15) is 5.56 Å². The van der Waals surface area contributed by atoms with Crippen LogP contribution < -0.4 is 4.74 Å². The maximum atomic E-state index is 8.58. The van der Waals surface area contributed by atoms with E-state index in [4.69, 9.17) is 10.00 Å². The second kappa shape index (κ2) is 3.80. The lowest BCUT2D eigenvalue weighted by atomic mass is 10.3. The van der Waals surface area contributed by atoms with Crippen LogP contribution in [0, 0.1) is 11.3 Å². The first-order chi connectivity index (χ1) is 7.28. The van der Waals surface area contributed by atoms with E-state index in [9.17, 15) is 0 Å². The maximum absolute atomic E-state index is 8.58. The predicted octanol–water partition coefficient (Wildman–Crippen LogP) is 1.48. The second-order valence-electron chi connectivity index (χ2n) is 2.95. The molecule has 0 N–H and O–H groups in total. The summed E-state index contributed by atoms with van der Waals surface area (Å²) < 4.78 is 7.03. The lowest BCUT2D eigenvalue weighted by molar-refractivity contribution is 0.462. The molecule has 15 heavy (non-hydrogen) atoms. The normalized spacial score (nSPS) is 9.60. The van der Waals surface area contributed by atoms with Gasteiger partial charge in [-0.05, 0) is 6.07 Å². The molecule has 2 heterocycles. The van der Waals surface area contributed by atoms with Gasteiger partial charge in [0, 0.05) is 19.3 Å². The molecule has 0 aliphatic carbocycles. The summed E-state index contributed by atoms with van der Waals surface area (Å²) in [7, 11) is 1.80. The molecule has 2 aromatic rings. The molecule has 0 radical (unpaired) electrons. The summed E-state index contributed by atoms with van der Waals surface area (Å²) in [5.74, 6) is 1.07. The van der Waals surface area contributed by atoms with Crippen molar-refractivity contribution in [2.45, 2.75) is 0 Å². The van der Waals surface area contributed by atoms with Gasteiger partial charge in [0.1, 0.15) is 6.07 Å².